The van der Waals surface area contributed by atoms with E-state index in [4.69, 9.17) is 4.98 Å². The normalized spacial score (nSPS) is 23.6. The number of anilines is 1. The third kappa shape index (κ3) is 3.68. The number of nitrogens with one attached hydrogen (secondary N) is 1. The van der Waals surface area contributed by atoms with Gasteiger partial charge in [0.1, 0.15) is 11.6 Å². The molecule has 0 spiro atoms. The molecule has 0 radical (unpaired) electrons. The lowest BCUT2D eigenvalue weighted by atomic mass is 9.77. The lowest BCUT2D eigenvalue weighted by Crippen LogP contribution is -2.19. The Labute approximate surface area is 117 Å². The summed E-state index contributed by atoms with van der Waals surface area (Å²) in [5.41, 5.74) is 1.08. The van der Waals surface area contributed by atoms with Gasteiger partial charge in [0.2, 0.25) is 0 Å². The molecule has 0 saturated heterocycles. The molecule has 0 aliphatic heterocycles. The van der Waals surface area contributed by atoms with Crippen molar-refractivity contribution in [3.63, 3.8) is 0 Å². The zero-order valence-electron chi connectivity index (χ0n) is 12.7. The molecule has 1 aliphatic carbocycles. The Morgan fingerprint density at radius 1 is 1.21 bits per heavy atom. The van der Waals surface area contributed by atoms with E-state index in [0.717, 1.165) is 35.7 Å². The van der Waals surface area contributed by atoms with E-state index in [1.54, 1.807) is 0 Å². The van der Waals surface area contributed by atoms with E-state index in [9.17, 15) is 0 Å². The fourth-order valence-corrected chi connectivity index (χ4v) is 3.09. The van der Waals surface area contributed by atoms with Crippen LogP contribution >= 0.6 is 0 Å². The Bertz CT molecular complexity index is 406. The summed E-state index contributed by atoms with van der Waals surface area (Å²) in [5.74, 6) is 4.31. The van der Waals surface area contributed by atoms with E-state index in [-0.39, 0.29) is 0 Å². The molecule has 1 saturated carbocycles. The Balaban J connectivity index is 2.06. The highest BCUT2D eigenvalue weighted by atomic mass is 15.0. The van der Waals surface area contributed by atoms with Gasteiger partial charge >= 0.3 is 0 Å². The first-order valence-electron chi connectivity index (χ1n) is 7.69. The molecule has 19 heavy (non-hydrogen) atoms. The lowest BCUT2D eigenvalue weighted by molar-refractivity contribution is 0.254. The molecule has 1 aromatic rings. The molecule has 0 amide bonds. The minimum atomic E-state index is 0.562. The highest BCUT2D eigenvalue weighted by Crippen LogP contribution is 2.37. The molecule has 1 heterocycles. The van der Waals surface area contributed by atoms with Gasteiger partial charge in [0.25, 0.3) is 0 Å². The highest BCUT2D eigenvalue weighted by Gasteiger charge is 2.26. The first kappa shape index (κ1) is 14.3. The summed E-state index contributed by atoms with van der Waals surface area (Å²) in [6, 6.07) is 2.03. The second kappa shape index (κ2) is 6.36. The number of aromatic nitrogens is 2. The van der Waals surface area contributed by atoms with Gasteiger partial charge in [-0.3, -0.25) is 0 Å². The van der Waals surface area contributed by atoms with Crippen molar-refractivity contribution in [2.45, 2.75) is 59.3 Å². The molecule has 0 atom stereocenters. The predicted molar refractivity (Wildman–Crippen MR) is 80.5 cm³/mol. The predicted octanol–water partition coefficient (Wildman–Crippen LogP) is 4.15. The maximum absolute atomic E-state index is 4.69. The van der Waals surface area contributed by atoms with Gasteiger partial charge in [0.15, 0.2) is 0 Å². The van der Waals surface area contributed by atoms with E-state index < -0.39 is 0 Å². The van der Waals surface area contributed by atoms with E-state index in [1.807, 2.05) is 6.07 Å². The molecule has 2 rings (SSSR count). The largest absolute Gasteiger partial charge is 0.370 e. The van der Waals surface area contributed by atoms with Crippen LogP contribution in [0.25, 0.3) is 0 Å². The van der Waals surface area contributed by atoms with Crippen molar-refractivity contribution in [3.05, 3.63) is 17.6 Å². The Morgan fingerprint density at radius 3 is 2.47 bits per heavy atom. The molecule has 106 valence electrons. The van der Waals surface area contributed by atoms with Crippen LogP contribution in [-0.4, -0.2) is 16.5 Å². The highest BCUT2D eigenvalue weighted by molar-refractivity contribution is 5.36. The van der Waals surface area contributed by atoms with Crippen molar-refractivity contribution < 1.29 is 0 Å². The van der Waals surface area contributed by atoms with Crippen molar-refractivity contribution in [1.82, 2.24) is 9.97 Å². The molecule has 3 heteroatoms. The first-order chi connectivity index (χ1) is 9.10. The smallest absolute Gasteiger partial charge is 0.134 e. The second-order valence-corrected chi connectivity index (χ2v) is 6.14. The lowest BCUT2D eigenvalue weighted by Gasteiger charge is -2.30. The van der Waals surface area contributed by atoms with Crippen molar-refractivity contribution >= 4 is 5.82 Å². The van der Waals surface area contributed by atoms with Gasteiger partial charge in [-0.2, -0.15) is 0 Å². The molecule has 0 aromatic carbocycles. The third-order valence-electron chi connectivity index (χ3n) is 4.31. The minimum Gasteiger partial charge on any atom is -0.370 e. The molecule has 1 N–H and O–H groups in total. The minimum absolute atomic E-state index is 0.562. The summed E-state index contributed by atoms with van der Waals surface area (Å²) in [6.07, 6.45) is 5.15. The SMILES string of the molecule is CCNc1cc(C)nc(C2CCC(C(C)C)CC2)n1. The molecule has 1 aliphatic rings. The van der Waals surface area contributed by atoms with E-state index in [1.165, 1.54) is 25.7 Å². The van der Waals surface area contributed by atoms with Crippen LogP contribution in [0, 0.1) is 18.8 Å². The van der Waals surface area contributed by atoms with Crippen molar-refractivity contribution in [2.75, 3.05) is 11.9 Å². The van der Waals surface area contributed by atoms with Gasteiger partial charge in [-0.15, -0.1) is 0 Å². The van der Waals surface area contributed by atoms with Crippen molar-refractivity contribution in [1.29, 1.82) is 0 Å². The number of hydrogen-bond donors (Lipinski definition) is 1. The van der Waals surface area contributed by atoms with Crippen molar-refractivity contribution in [2.24, 2.45) is 11.8 Å². The quantitative estimate of drug-likeness (QED) is 0.885. The van der Waals surface area contributed by atoms with Crippen LogP contribution in [0.1, 0.15) is 63.9 Å². The summed E-state index contributed by atoms with van der Waals surface area (Å²) in [5, 5.41) is 3.30. The maximum Gasteiger partial charge on any atom is 0.134 e. The zero-order valence-corrected chi connectivity index (χ0v) is 12.7. The van der Waals surface area contributed by atoms with E-state index in [0.29, 0.717) is 5.92 Å². The van der Waals surface area contributed by atoms with Crippen LogP contribution in [0.2, 0.25) is 0 Å². The first-order valence-corrected chi connectivity index (χ1v) is 7.69. The molecular formula is C16H27N3. The molecule has 0 unspecified atom stereocenters. The van der Waals surface area contributed by atoms with Crippen LogP contribution in [0.5, 0.6) is 0 Å². The number of rotatable bonds is 4. The Hall–Kier alpha value is -1.12. The summed E-state index contributed by atoms with van der Waals surface area (Å²) in [6.45, 7) is 9.77. The van der Waals surface area contributed by atoms with Crippen molar-refractivity contribution in [3.8, 4) is 0 Å². The monoisotopic (exact) mass is 261 g/mol. The summed E-state index contributed by atoms with van der Waals surface area (Å²) in [4.78, 5) is 9.35. The topological polar surface area (TPSA) is 37.8 Å². The zero-order chi connectivity index (χ0) is 13.8. The fraction of sp³-hybridized carbons (Fsp3) is 0.750. The average molecular weight is 261 g/mol. The van der Waals surface area contributed by atoms with Crippen LogP contribution in [0.3, 0.4) is 0 Å². The van der Waals surface area contributed by atoms with Crippen LogP contribution in [0.4, 0.5) is 5.82 Å². The van der Waals surface area contributed by atoms with Gasteiger partial charge in [-0.25, -0.2) is 9.97 Å². The van der Waals surface area contributed by atoms with Gasteiger partial charge in [-0.05, 0) is 51.4 Å². The fourth-order valence-electron chi connectivity index (χ4n) is 3.09. The molecular weight excluding hydrogens is 234 g/mol. The van der Waals surface area contributed by atoms with E-state index in [2.05, 4.69) is 38.0 Å². The standard InChI is InChI=1S/C16H27N3/c1-5-17-15-10-12(4)18-16(19-15)14-8-6-13(7-9-14)11(2)3/h10-11,13-14H,5-9H2,1-4H3,(H,17,18,19). The van der Waals surface area contributed by atoms with Crippen LogP contribution in [-0.2, 0) is 0 Å². The maximum atomic E-state index is 4.69. The van der Waals surface area contributed by atoms with Gasteiger partial charge in [-0.1, -0.05) is 13.8 Å². The number of aryl methyl sites for hydroxylation is 1. The second-order valence-electron chi connectivity index (χ2n) is 6.14. The summed E-state index contributed by atoms with van der Waals surface area (Å²) >= 11 is 0. The summed E-state index contributed by atoms with van der Waals surface area (Å²) in [7, 11) is 0. The van der Waals surface area contributed by atoms with Gasteiger partial charge < -0.3 is 5.32 Å². The van der Waals surface area contributed by atoms with Crippen LogP contribution < -0.4 is 5.32 Å². The van der Waals surface area contributed by atoms with Gasteiger partial charge in [0.05, 0.1) is 0 Å². The molecule has 3 nitrogen and oxygen atoms in total. The number of nitrogens with zero attached hydrogens (tertiary/aromatic N) is 2. The summed E-state index contributed by atoms with van der Waals surface area (Å²) < 4.78 is 0. The number of hydrogen-bond acceptors (Lipinski definition) is 3. The molecule has 1 fully saturated rings. The Morgan fingerprint density at radius 2 is 1.89 bits per heavy atom. The van der Waals surface area contributed by atoms with Gasteiger partial charge in [0, 0.05) is 24.2 Å². The van der Waals surface area contributed by atoms with Crippen LogP contribution in [0.15, 0.2) is 6.07 Å². The average Bonchev–Trinajstić information content (AvgIpc) is 2.38. The molecule has 0 bridgehead atoms. The molecule has 1 aromatic heterocycles. The van der Waals surface area contributed by atoms with E-state index >= 15 is 0 Å². The Kier molecular flexibility index (Phi) is 4.78. The third-order valence-corrected chi connectivity index (χ3v) is 4.31.